The van der Waals surface area contributed by atoms with Gasteiger partial charge in [-0.15, -0.1) is 0 Å². The van der Waals surface area contributed by atoms with Crippen molar-refractivity contribution in [1.82, 2.24) is 4.98 Å². The summed E-state index contributed by atoms with van der Waals surface area (Å²) in [6.07, 6.45) is 2.07. The highest BCUT2D eigenvalue weighted by Gasteiger charge is 2.06. The van der Waals surface area contributed by atoms with Crippen molar-refractivity contribution in [1.29, 1.82) is 0 Å². The maximum absolute atomic E-state index is 6.17. The van der Waals surface area contributed by atoms with E-state index < -0.39 is 0 Å². The molecule has 0 fully saturated rings. The molecule has 0 aliphatic carbocycles. The lowest BCUT2D eigenvalue weighted by Crippen LogP contribution is -1.96. The van der Waals surface area contributed by atoms with Gasteiger partial charge in [0.15, 0.2) is 0 Å². The van der Waals surface area contributed by atoms with E-state index in [0.717, 1.165) is 35.1 Å². The highest BCUT2D eigenvalue weighted by atomic mass is 35.5. The molecule has 0 atom stereocenters. The number of aromatic nitrogens is 1. The van der Waals surface area contributed by atoms with Gasteiger partial charge in [0.1, 0.15) is 0 Å². The minimum absolute atomic E-state index is 0.715. The van der Waals surface area contributed by atoms with Crippen molar-refractivity contribution in [3.63, 3.8) is 0 Å². The van der Waals surface area contributed by atoms with Crippen LogP contribution in [0.5, 0.6) is 0 Å². The number of fused-ring (bicyclic) bond motifs is 1. The van der Waals surface area contributed by atoms with Crippen LogP contribution in [0.2, 0.25) is 5.02 Å². The Morgan fingerprint density at radius 1 is 1.38 bits per heavy atom. The van der Waals surface area contributed by atoms with Gasteiger partial charge in [0.2, 0.25) is 0 Å². The van der Waals surface area contributed by atoms with Crippen molar-refractivity contribution in [3.05, 3.63) is 35.0 Å². The molecule has 1 heterocycles. The molecule has 84 valence electrons. The second kappa shape index (κ2) is 4.71. The molecule has 2 aromatic rings. The first-order valence-corrected chi connectivity index (χ1v) is 5.90. The molecule has 0 spiro atoms. The maximum Gasteiger partial charge on any atom is 0.0912 e. The number of hydrogen-bond acceptors (Lipinski definition) is 2. The number of hydrogen-bond donors (Lipinski definition) is 1. The van der Waals surface area contributed by atoms with Crippen LogP contribution in [0, 0.1) is 0 Å². The second-order valence-electron chi connectivity index (χ2n) is 3.80. The summed E-state index contributed by atoms with van der Waals surface area (Å²) in [4.78, 5) is 4.60. The van der Waals surface area contributed by atoms with E-state index in [1.54, 1.807) is 0 Å². The first-order valence-electron chi connectivity index (χ1n) is 5.52. The molecular formula is C13H15ClN2. The molecule has 3 heteroatoms. The first kappa shape index (κ1) is 11.2. The molecule has 1 N–H and O–H groups in total. The van der Waals surface area contributed by atoms with E-state index in [9.17, 15) is 0 Å². The van der Waals surface area contributed by atoms with Gasteiger partial charge in [-0.1, -0.05) is 37.1 Å². The quantitative estimate of drug-likeness (QED) is 0.872. The molecular weight excluding hydrogens is 220 g/mol. The summed E-state index contributed by atoms with van der Waals surface area (Å²) in [5.41, 5.74) is 3.07. The zero-order chi connectivity index (χ0) is 11.5. The SMILES string of the molecule is CCCc1cc(NC)c2cccc(Cl)c2n1. The van der Waals surface area contributed by atoms with Crippen molar-refractivity contribution in [2.75, 3.05) is 12.4 Å². The number of halogens is 1. The fraction of sp³-hybridized carbons (Fsp3) is 0.308. The van der Waals surface area contributed by atoms with Crippen molar-refractivity contribution >= 4 is 28.2 Å². The number of pyridine rings is 1. The maximum atomic E-state index is 6.17. The molecule has 1 aromatic heterocycles. The molecule has 2 rings (SSSR count). The zero-order valence-corrected chi connectivity index (χ0v) is 10.3. The first-order chi connectivity index (χ1) is 7.76. The number of aryl methyl sites for hydroxylation is 1. The van der Waals surface area contributed by atoms with Crippen LogP contribution >= 0.6 is 11.6 Å². The third kappa shape index (κ3) is 1.98. The van der Waals surface area contributed by atoms with Crippen LogP contribution in [-0.4, -0.2) is 12.0 Å². The molecule has 0 saturated heterocycles. The van der Waals surface area contributed by atoms with Crippen LogP contribution in [0.25, 0.3) is 10.9 Å². The van der Waals surface area contributed by atoms with Crippen LogP contribution in [0.3, 0.4) is 0 Å². The van der Waals surface area contributed by atoms with Crippen LogP contribution in [0.1, 0.15) is 19.0 Å². The van der Waals surface area contributed by atoms with Gasteiger partial charge in [-0.05, 0) is 18.6 Å². The van der Waals surface area contributed by atoms with Gasteiger partial charge in [-0.25, -0.2) is 0 Å². The van der Waals surface area contributed by atoms with E-state index in [4.69, 9.17) is 11.6 Å². The summed E-state index contributed by atoms with van der Waals surface area (Å²) in [5.74, 6) is 0. The molecule has 2 nitrogen and oxygen atoms in total. The summed E-state index contributed by atoms with van der Waals surface area (Å²) < 4.78 is 0. The van der Waals surface area contributed by atoms with Gasteiger partial charge in [-0.2, -0.15) is 0 Å². The highest BCUT2D eigenvalue weighted by Crippen LogP contribution is 2.28. The average Bonchev–Trinajstić information content (AvgIpc) is 2.30. The number of anilines is 1. The van der Waals surface area contributed by atoms with Gasteiger partial charge < -0.3 is 5.32 Å². The minimum Gasteiger partial charge on any atom is -0.388 e. The van der Waals surface area contributed by atoms with E-state index in [1.807, 2.05) is 25.2 Å². The Morgan fingerprint density at radius 3 is 2.88 bits per heavy atom. The summed E-state index contributed by atoms with van der Waals surface area (Å²) in [5, 5.41) is 4.99. The van der Waals surface area contributed by atoms with E-state index in [1.165, 1.54) is 0 Å². The second-order valence-corrected chi connectivity index (χ2v) is 4.20. The zero-order valence-electron chi connectivity index (χ0n) is 9.55. The van der Waals surface area contributed by atoms with E-state index in [-0.39, 0.29) is 0 Å². The van der Waals surface area contributed by atoms with Crippen molar-refractivity contribution in [2.45, 2.75) is 19.8 Å². The third-order valence-corrected chi connectivity index (χ3v) is 2.92. The summed E-state index contributed by atoms with van der Waals surface area (Å²) >= 11 is 6.17. The lowest BCUT2D eigenvalue weighted by atomic mass is 10.1. The van der Waals surface area contributed by atoms with Gasteiger partial charge in [-0.3, -0.25) is 4.98 Å². The molecule has 0 radical (unpaired) electrons. The Kier molecular flexibility index (Phi) is 3.30. The Bertz CT molecular complexity index is 509. The molecule has 0 saturated carbocycles. The third-order valence-electron chi connectivity index (χ3n) is 2.62. The standard InChI is InChI=1S/C13H15ClN2/c1-3-5-9-8-12(15-2)10-6-4-7-11(14)13(10)16-9/h4,6-8H,3,5H2,1-2H3,(H,15,16). The predicted octanol–water partition coefficient (Wildman–Crippen LogP) is 3.88. The molecule has 1 aromatic carbocycles. The molecule has 0 aliphatic rings. The fourth-order valence-electron chi connectivity index (χ4n) is 1.86. The number of nitrogens with one attached hydrogen (secondary N) is 1. The molecule has 0 bridgehead atoms. The largest absolute Gasteiger partial charge is 0.388 e. The summed E-state index contributed by atoms with van der Waals surface area (Å²) in [6.45, 7) is 2.15. The van der Waals surface area contributed by atoms with E-state index in [0.29, 0.717) is 5.02 Å². The van der Waals surface area contributed by atoms with Gasteiger partial charge >= 0.3 is 0 Å². The van der Waals surface area contributed by atoms with Crippen molar-refractivity contribution < 1.29 is 0 Å². The molecule has 16 heavy (non-hydrogen) atoms. The molecule has 0 amide bonds. The van der Waals surface area contributed by atoms with Crippen LogP contribution in [0.4, 0.5) is 5.69 Å². The number of para-hydroxylation sites is 1. The average molecular weight is 235 g/mol. The lowest BCUT2D eigenvalue weighted by Gasteiger charge is -2.09. The summed E-state index contributed by atoms with van der Waals surface area (Å²) in [7, 11) is 1.92. The van der Waals surface area contributed by atoms with Crippen LogP contribution < -0.4 is 5.32 Å². The number of nitrogens with zero attached hydrogens (tertiary/aromatic N) is 1. The Hall–Kier alpha value is -1.28. The number of rotatable bonds is 3. The normalized spacial score (nSPS) is 10.7. The fourth-order valence-corrected chi connectivity index (χ4v) is 2.07. The van der Waals surface area contributed by atoms with Gasteiger partial charge in [0.25, 0.3) is 0 Å². The van der Waals surface area contributed by atoms with Crippen molar-refractivity contribution in [2.24, 2.45) is 0 Å². The highest BCUT2D eigenvalue weighted by molar-refractivity contribution is 6.35. The smallest absolute Gasteiger partial charge is 0.0912 e. The summed E-state index contributed by atoms with van der Waals surface area (Å²) in [6, 6.07) is 7.97. The number of benzene rings is 1. The Balaban J connectivity index is 2.69. The van der Waals surface area contributed by atoms with Crippen LogP contribution in [-0.2, 0) is 6.42 Å². The minimum atomic E-state index is 0.715. The molecule has 0 aliphatic heterocycles. The Morgan fingerprint density at radius 2 is 2.19 bits per heavy atom. The van der Waals surface area contributed by atoms with Crippen LogP contribution in [0.15, 0.2) is 24.3 Å². The molecule has 0 unspecified atom stereocenters. The topological polar surface area (TPSA) is 24.9 Å². The van der Waals surface area contributed by atoms with E-state index in [2.05, 4.69) is 23.3 Å². The monoisotopic (exact) mass is 234 g/mol. The predicted molar refractivity (Wildman–Crippen MR) is 70.3 cm³/mol. The van der Waals surface area contributed by atoms with E-state index >= 15 is 0 Å². The van der Waals surface area contributed by atoms with Gasteiger partial charge in [0.05, 0.1) is 10.5 Å². The van der Waals surface area contributed by atoms with Gasteiger partial charge in [0, 0.05) is 23.8 Å². The Labute approximate surface area is 101 Å². The lowest BCUT2D eigenvalue weighted by molar-refractivity contribution is 0.890. The van der Waals surface area contributed by atoms with Crippen molar-refractivity contribution in [3.8, 4) is 0 Å².